The number of nitrogens with zero attached hydrogens (tertiary/aromatic N) is 4. The zero-order valence-electron chi connectivity index (χ0n) is 20.6. The van der Waals surface area contributed by atoms with Crippen LogP contribution in [0.25, 0.3) is 5.69 Å². The number of pyridine rings is 1. The van der Waals surface area contributed by atoms with Gasteiger partial charge in [-0.3, -0.25) is 9.88 Å². The summed E-state index contributed by atoms with van der Waals surface area (Å²) >= 11 is 18.7. The van der Waals surface area contributed by atoms with E-state index in [4.69, 9.17) is 40.2 Å². The number of benzene rings is 1. The van der Waals surface area contributed by atoms with Crippen molar-refractivity contribution in [1.29, 1.82) is 0 Å². The fourth-order valence-electron chi connectivity index (χ4n) is 5.39. The van der Waals surface area contributed by atoms with Gasteiger partial charge in [0.05, 0.1) is 41.7 Å². The van der Waals surface area contributed by atoms with Crippen LogP contribution in [0.5, 0.6) is 0 Å². The fourth-order valence-corrected chi connectivity index (χ4v) is 6.22. The Morgan fingerprint density at radius 2 is 1.89 bits per heavy atom. The number of aromatic nitrogens is 2. The van der Waals surface area contributed by atoms with Gasteiger partial charge in [0, 0.05) is 48.8 Å². The molecule has 0 radical (unpaired) electrons. The molecule has 2 aliphatic heterocycles. The van der Waals surface area contributed by atoms with E-state index in [-0.39, 0.29) is 12.1 Å². The topological polar surface area (TPSA) is 45.6 Å². The minimum Gasteiger partial charge on any atom is -0.379 e. The molecule has 1 aromatic carbocycles. The molecule has 0 unspecified atom stereocenters. The summed E-state index contributed by atoms with van der Waals surface area (Å²) in [6.45, 7) is 9.76. The Morgan fingerprint density at radius 3 is 2.61 bits per heavy atom. The first-order valence-corrected chi connectivity index (χ1v) is 13.5. The zero-order valence-corrected chi connectivity index (χ0v) is 22.9. The van der Waals surface area contributed by atoms with Gasteiger partial charge in [-0.1, -0.05) is 29.3 Å². The van der Waals surface area contributed by atoms with Gasteiger partial charge in [-0.2, -0.15) is 0 Å². The Morgan fingerprint density at radius 1 is 1.08 bits per heavy atom. The van der Waals surface area contributed by atoms with Gasteiger partial charge in [-0.05, 0) is 74.4 Å². The van der Waals surface area contributed by atoms with Crippen molar-refractivity contribution in [2.24, 2.45) is 0 Å². The fraction of sp³-hybridized carbons (Fsp3) is 0.407. The molecule has 190 valence electrons. The Labute approximate surface area is 228 Å². The molecule has 36 heavy (non-hydrogen) atoms. The number of halogens is 2. The Balaban J connectivity index is 1.49. The van der Waals surface area contributed by atoms with E-state index in [1.54, 1.807) is 6.07 Å². The predicted octanol–water partition coefficient (Wildman–Crippen LogP) is 5.49. The van der Waals surface area contributed by atoms with Gasteiger partial charge in [0.15, 0.2) is 5.11 Å². The van der Waals surface area contributed by atoms with E-state index in [2.05, 4.69) is 50.6 Å². The van der Waals surface area contributed by atoms with Crippen molar-refractivity contribution in [1.82, 2.24) is 24.7 Å². The van der Waals surface area contributed by atoms with Gasteiger partial charge in [-0.25, -0.2) is 0 Å². The smallest absolute Gasteiger partial charge is 0.170 e. The minimum atomic E-state index is -0.0447. The number of ether oxygens (including phenoxy) is 1. The van der Waals surface area contributed by atoms with E-state index in [0.717, 1.165) is 73.7 Å². The highest BCUT2D eigenvalue weighted by Gasteiger charge is 2.41. The lowest BCUT2D eigenvalue weighted by Crippen LogP contribution is -2.39. The quantitative estimate of drug-likeness (QED) is 0.397. The molecule has 2 atom stereocenters. The summed E-state index contributed by atoms with van der Waals surface area (Å²) < 4.78 is 7.71. The molecule has 2 saturated heterocycles. The molecule has 0 aliphatic carbocycles. The van der Waals surface area contributed by atoms with Crippen LogP contribution in [0, 0.1) is 13.8 Å². The Bertz CT molecular complexity index is 1230. The molecule has 0 amide bonds. The van der Waals surface area contributed by atoms with Crippen LogP contribution in [0.2, 0.25) is 10.0 Å². The lowest BCUT2D eigenvalue weighted by molar-refractivity contribution is 0.0365. The first-order valence-electron chi connectivity index (χ1n) is 12.4. The van der Waals surface area contributed by atoms with Crippen molar-refractivity contribution in [2.45, 2.75) is 32.4 Å². The number of nitrogens with one attached hydrogen (secondary N) is 1. The van der Waals surface area contributed by atoms with E-state index in [1.165, 1.54) is 5.56 Å². The van der Waals surface area contributed by atoms with Crippen LogP contribution < -0.4 is 5.32 Å². The maximum Gasteiger partial charge on any atom is 0.170 e. The second-order valence-electron chi connectivity index (χ2n) is 9.39. The van der Waals surface area contributed by atoms with Crippen molar-refractivity contribution >= 4 is 40.5 Å². The second kappa shape index (κ2) is 11.1. The average Bonchev–Trinajstić information content (AvgIpc) is 3.35. The van der Waals surface area contributed by atoms with Crippen molar-refractivity contribution in [2.75, 3.05) is 39.4 Å². The van der Waals surface area contributed by atoms with Crippen LogP contribution in [-0.2, 0) is 4.74 Å². The predicted molar refractivity (Wildman–Crippen MR) is 149 cm³/mol. The lowest BCUT2D eigenvalue weighted by Gasteiger charge is -2.30. The molecular weight excluding hydrogens is 513 g/mol. The SMILES string of the molecule is Cc1cc([C@H]2[C@@H](c3ccccn3)NC(=S)N2CCCN2CCOCC2)c(C)n1-c1ccc(Cl)cc1Cl. The van der Waals surface area contributed by atoms with Crippen molar-refractivity contribution in [3.05, 3.63) is 81.4 Å². The molecule has 9 heteroatoms. The number of hydrogen-bond acceptors (Lipinski definition) is 4. The van der Waals surface area contributed by atoms with Gasteiger partial charge in [-0.15, -0.1) is 0 Å². The van der Waals surface area contributed by atoms with E-state index in [1.807, 2.05) is 30.5 Å². The third kappa shape index (κ3) is 5.13. The highest BCUT2D eigenvalue weighted by molar-refractivity contribution is 7.80. The first kappa shape index (κ1) is 25.5. The van der Waals surface area contributed by atoms with Gasteiger partial charge in [0.2, 0.25) is 0 Å². The van der Waals surface area contributed by atoms with Crippen LogP contribution in [0.1, 0.15) is 41.1 Å². The summed E-state index contributed by atoms with van der Waals surface area (Å²) in [6, 6.07) is 13.9. The Kier molecular flexibility index (Phi) is 7.84. The lowest BCUT2D eigenvalue weighted by atomic mass is 9.96. The first-order chi connectivity index (χ1) is 17.4. The van der Waals surface area contributed by atoms with Gasteiger partial charge in [0.25, 0.3) is 0 Å². The number of aryl methyl sites for hydroxylation is 1. The second-order valence-corrected chi connectivity index (χ2v) is 10.6. The molecule has 5 rings (SSSR count). The van der Waals surface area contributed by atoms with E-state index in [0.29, 0.717) is 10.0 Å². The minimum absolute atomic E-state index is 0.0168. The highest BCUT2D eigenvalue weighted by Crippen LogP contribution is 2.42. The number of morpholine rings is 1. The molecule has 0 bridgehead atoms. The number of thiocarbonyl (C=S) groups is 1. The van der Waals surface area contributed by atoms with E-state index in [9.17, 15) is 0 Å². The van der Waals surface area contributed by atoms with Crippen LogP contribution in [0.4, 0.5) is 0 Å². The normalized spacial score (nSPS) is 20.7. The molecule has 6 nitrogen and oxygen atoms in total. The van der Waals surface area contributed by atoms with Crippen LogP contribution >= 0.6 is 35.4 Å². The summed E-state index contributed by atoms with van der Waals surface area (Å²) in [5.41, 5.74) is 5.36. The van der Waals surface area contributed by atoms with Gasteiger partial charge >= 0.3 is 0 Å². The summed E-state index contributed by atoms with van der Waals surface area (Å²) in [6.07, 6.45) is 2.87. The van der Waals surface area contributed by atoms with Crippen LogP contribution in [-0.4, -0.2) is 63.9 Å². The van der Waals surface area contributed by atoms with Crippen molar-refractivity contribution in [3.63, 3.8) is 0 Å². The summed E-state index contributed by atoms with van der Waals surface area (Å²) in [5, 5.41) is 5.60. The van der Waals surface area contributed by atoms with E-state index < -0.39 is 0 Å². The largest absolute Gasteiger partial charge is 0.379 e. The molecule has 0 saturated carbocycles. The summed E-state index contributed by atoms with van der Waals surface area (Å²) in [7, 11) is 0. The third-order valence-corrected chi connectivity index (χ3v) is 8.00. The number of hydrogen-bond donors (Lipinski definition) is 1. The van der Waals surface area contributed by atoms with Crippen LogP contribution in [0.3, 0.4) is 0 Å². The molecule has 2 fully saturated rings. The van der Waals surface area contributed by atoms with Crippen LogP contribution in [0.15, 0.2) is 48.7 Å². The Hall–Kier alpha value is -2.16. The third-order valence-electron chi connectivity index (χ3n) is 7.11. The molecule has 1 N–H and O–H groups in total. The molecule has 4 heterocycles. The maximum absolute atomic E-state index is 6.62. The van der Waals surface area contributed by atoms with E-state index >= 15 is 0 Å². The monoisotopic (exact) mass is 543 g/mol. The zero-order chi connectivity index (χ0) is 25.2. The number of rotatable bonds is 7. The summed E-state index contributed by atoms with van der Waals surface area (Å²) in [4.78, 5) is 9.49. The average molecular weight is 545 g/mol. The molecule has 0 spiro atoms. The molecule has 2 aliphatic rings. The standard InChI is InChI=1S/C27H31Cl2N5OS/c1-18-16-21(19(2)34(18)24-8-7-20(28)17-22(24)29)26-25(23-6-3-4-9-30-23)31-27(36)33(26)11-5-10-32-12-14-35-15-13-32/h3-4,6-9,16-17,25-26H,5,10-15H2,1-2H3,(H,31,36)/t25-,26+/m1/s1. The molecule has 3 aromatic rings. The maximum atomic E-state index is 6.62. The van der Waals surface area contributed by atoms with Crippen molar-refractivity contribution in [3.8, 4) is 5.69 Å². The summed E-state index contributed by atoms with van der Waals surface area (Å²) in [5.74, 6) is 0. The van der Waals surface area contributed by atoms with Gasteiger partial charge < -0.3 is 19.5 Å². The van der Waals surface area contributed by atoms with Gasteiger partial charge in [0.1, 0.15) is 0 Å². The van der Waals surface area contributed by atoms with Crippen molar-refractivity contribution < 1.29 is 4.74 Å². The molecule has 2 aromatic heterocycles. The molecular formula is C27H31Cl2N5OS. The highest BCUT2D eigenvalue weighted by atomic mass is 35.5.